The van der Waals surface area contributed by atoms with Gasteiger partial charge < -0.3 is 19.3 Å². The first-order valence-electron chi connectivity index (χ1n) is 10.0. The van der Waals surface area contributed by atoms with Gasteiger partial charge in [0, 0.05) is 32.1 Å². The number of rotatable bonds is 5. The first kappa shape index (κ1) is 19.5. The van der Waals surface area contributed by atoms with E-state index in [0.29, 0.717) is 24.7 Å². The lowest BCUT2D eigenvalue weighted by molar-refractivity contribution is -0.141. The van der Waals surface area contributed by atoms with Crippen molar-refractivity contribution >= 4 is 11.8 Å². The number of benzene rings is 1. The number of piperidine rings is 1. The third-order valence-electron chi connectivity index (χ3n) is 5.54. The van der Waals surface area contributed by atoms with Gasteiger partial charge in [-0.25, -0.2) is 0 Å². The van der Waals surface area contributed by atoms with Crippen LogP contribution >= 0.6 is 0 Å². The first-order valence-corrected chi connectivity index (χ1v) is 10.0. The van der Waals surface area contributed by atoms with E-state index in [4.69, 9.17) is 9.47 Å². The summed E-state index contributed by atoms with van der Waals surface area (Å²) in [7, 11) is 1.61. The Balaban J connectivity index is 1.42. The molecule has 0 aromatic heterocycles. The second kappa shape index (κ2) is 9.62. The van der Waals surface area contributed by atoms with Gasteiger partial charge in [-0.15, -0.1) is 0 Å². The summed E-state index contributed by atoms with van der Waals surface area (Å²) < 4.78 is 10.7. The van der Waals surface area contributed by atoms with Gasteiger partial charge >= 0.3 is 0 Å². The number of hydrogen-bond donors (Lipinski definition) is 0. The lowest BCUT2D eigenvalue weighted by Crippen LogP contribution is -2.45. The maximum absolute atomic E-state index is 12.7. The fourth-order valence-electron chi connectivity index (χ4n) is 3.83. The fraction of sp³-hybridized carbons (Fsp3) is 0.619. The SMILES string of the molecule is COc1ccc(OCC(=O)N2CCC(C(=O)N3CCCCCC3)CC2)cc1. The van der Waals surface area contributed by atoms with Crippen LogP contribution in [0.1, 0.15) is 38.5 Å². The summed E-state index contributed by atoms with van der Waals surface area (Å²) in [6.45, 7) is 3.09. The van der Waals surface area contributed by atoms with E-state index in [1.165, 1.54) is 12.8 Å². The molecular weight excluding hydrogens is 344 g/mol. The molecule has 2 heterocycles. The molecule has 1 aromatic carbocycles. The molecule has 148 valence electrons. The molecular formula is C21H30N2O4. The quantitative estimate of drug-likeness (QED) is 0.795. The Morgan fingerprint density at radius 2 is 1.48 bits per heavy atom. The fourth-order valence-corrected chi connectivity index (χ4v) is 3.83. The van der Waals surface area contributed by atoms with Crippen LogP contribution in [-0.2, 0) is 9.59 Å². The normalized spacial score (nSPS) is 18.7. The molecule has 2 aliphatic rings. The van der Waals surface area contributed by atoms with Crippen molar-refractivity contribution in [1.82, 2.24) is 9.80 Å². The maximum Gasteiger partial charge on any atom is 0.260 e. The number of carbonyl (C=O) groups excluding carboxylic acids is 2. The molecule has 6 heteroatoms. The zero-order valence-corrected chi connectivity index (χ0v) is 16.2. The Kier molecular flexibility index (Phi) is 6.96. The highest BCUT2D eigenvalue weighted by Crippen LogP contribution is 2.22. The molecule has 1 aromatic rings. The third-order valence-corrected chi connectivity index (χ3v) is 5.54. The van der Waals surface area contributed by atoms with Gasteiger partial charge in [0.05, 0.1) is 7.11 Å². The molecule has 0 aliphatic carbocycles. The second-order valence-electron chi connectivity index (χ2n) is 7.36. The minimum absolute atomic E-state index is 0.0218. The summed E-state index contributed by atoms with van der Waals surface area (Å²) in [5.74, 6) is 1.74. The van der Waals surface area contributed by atoms with Crippen molar-refractivity contribution in [1.29, 1.82) is 0 Å². The van der Waals surface area contributed by atoms with Crippen molar-refractivity contribution in [3.63, 3.8) is 0 Å². The van der Waals surface area contributed by atoms with Crippen LogP contribution in [0.2, 0.25) is 0 Å². The smallest absolute Gasteiger partial charge is 0.260 e. The summed E-state index contributed by atoms with van der Waals surface area (Å²) in [6.07, 6.45) is 6.20. The average molecular weight is 374 g/mol. The third kappa shape index (κ3) is 5.37. The summed E-state index contributed by atoms with van der Waals surface area (Å²) in [6, 6.07) is 7.19. The Morgan fingerprint density at radius 3 is 2.07 bits per heavy atom. The number of ether oxygens (including phenoxy) is 2. The van der Waals surface area contributed by atoms with Gasteiger partial charge in [0.15, 0.2) is 6.61 Å². The van der Waals surface area contributed by atoms with Crippen molar-refractivity contribution in [2.75, 3.05) is 39.9 Å². The first-order chi connectivity index (χ1) is 13.2. The summed E-state index contributed by atoms with van der Waals surface area (Å²) >= 11 is 0. The Bertz CT molecular complexity index is 616. The molecule has 0 bridgehead atoms. The predicted molar refractivity (Wildman–Crippen MR) is 103 cm³/mol. The Morgan fingerprint density at radius 1 is 0.889 bits per heavy atom. The van der Waals surface area contributed by atoms with Crippen LogP contribution in [0.25, 0.3) is 0 Å². The van der Waals surface area contributed by atoms with Crippen molar-refractivity contribution in [3.8, 4) is 11.5 Å². The van der Waals surface area contributed by atoms with E-state index in [2.05, 4.69) is 0 Å². The maximum atomic E-state index is 12.7. The van der Waals surface area contributed by atoms with Gasteiger partial charge in [0.1, 0.15) is 11.5 Å². The number of hydrogen-bond acceptors (Lipinski definition) is 4. The number of nitrogens with zero attached hydrogens (tertiary/aromatic N) is 2. The molecule has 2 aliphatic heterocycles. The minimum atomic E-state index is -0.0218. The lowest BCUT2D eigenvalue weighted by atomic mass is 9.95. The molecule has 6 nitrogen and oxygen atoms in total. The molecule has 0 saturated carbocycles. The highest BCUT2D eigenvalue weighted by atomic mass is 16.5. The van der Waals surface area contributed by atoms with Crippen molar-refractivity contribution in [3.05, 3.63) is 24.3 Å². The number of carbonyl (C=O) groups is 2. The van der Waals surface area contributed by atoms with E-state index in [0.717, 1.165) is 44.5 Å². The highest BCUT2D eigenvalue weighted by Gasteiger charge is 2.30. The molecule has 0 N–H and O–H groups in total. The topological polar surface area (TPSA) is 59.1 Å². The zero-order chi connectivity index (χ0) is 19.1. The largest absolute Gasteiger partial charge is 0.497 e. The van der Waals surface area contributed by atoms with Gasteiger partial charge in [-0.1, -0.05) is 12.8 Å². The molecule has 0 radical (unpaired) electrons. The van der Waals surface area contributed by atoms with Crippen LogP contribution in [0.5, 0.6) is 11.5 Å². The minimum Gasteiger partial charge on any atom is -0.497 e. The van der Waals surface area contributed by atoms with E-state index in [1.807, 2.05) is 9.80 Å². The van der Waals surface area contributed by atoms with E-state index < -0.39 is 0 Å². The summed E-state index contributed by atoms with van der Waals surface area (Å²) in [5, 5.41) is 0. The van der Waals surface area contributed by atoms with Crippen LogP contribution in [0.15, 0.2) is 24.3 Å². The van der Waals surface area contributed by atoms with E-state index in [-0.39, 0.29) is 18.4 Å². The Labute approximate surface area is 161 Å². The van der Waals surface area contributed by atoms with E-state index in [1.54, 1.807) is 31.4 Å². The van der Waals surface area contributed by atoms with E-state index >= 15 is 0 Å². The van der Waals surface area contributed by atoms with Gasteiger partial charge in [-0.05, 0) is 49.9 Å². The molecule has 2 fully saturated rings. The van der Waals surface area contributed by atoms with Gasteiger partial charge in [-0.2, -0.15) is 0 Å². The number of likely N-dealkylation sites (tertiary alicyclic amines) is 2. The van der Waals surface area contributed by atoms with Gasteiger partial charge in [0.2, 0.25) is 5.91 Å². The lowest BCUT2D eigenvalue weighted by Gasteiger charge is -2.34. The van der Waals surface area contributed by atoms with Crippen LogP contribution < -0.4 is 9.47 Å². The standard InChI is InChI=1S/C21H30N2O4/c1-26-18-6-8-19(9-7-18)27-16-20(24)22-14-10-17(11-15-22)21(25)23-12-4-2-3-5-13-23/h6-9,17H,2-5,10-16H2,1H3. The van der Waals surface area contributed by atoms with Crippen LogP contribution in [0, 0.1) is 5.92 Å². The van der Waals surface area contributed by atoms with Crippen LogP contribution in [-0.4, -0.2) is 61.5 Å². The molecule has 2 saturated heterocycles. The monoisotopic (exact) mass is 374 g/mol. The predicted octanol–water partition coefficient (Wildman–Crippen LogP) is 2.72. The zero-order valence-electron chi connectivity index (χ0n) is 16.2. The summed E-state index contributed by atoms with van der Waals surface area (Å²) in [5.41, 5.74) is 0. The van der Waals surface area contributed by atoms with E-state index in [9.17, 15) is 9.59 Å². The molecule has 0 unspecified atom stereocenters. The molecule has 3 rings (SSSR count). The van der Waals surface area contributed by atoms with Crippen molar-refractivity contribution in [2.45, 2.75) is 38.5 Å². The number of amides is 2. The average Bonchev–Trinajstić information content (AvgIpc) is 3.01. The second-order valence-corrected chi connectivity index (χ2v) is 7.36. The molecule has 0 atom stereocenters. The highest BCUT2D eigenvalue weighted by molar-refractivity contribution is 5.80. The Hall–Kier alpha value is -2.24. The number of methoxy groups -OCH3 is 1. The van der Waals surface area contributed by atoms with Gasteiger partial charge in [-0.3, -0.25) is 9.59 Å². The van der Waals surface area contributed by atoms with Gasteiger partial charge in [0.25, 0.3) is 5.91 Å². The molecule has 27 heavy (non-hydrogen) atoms. The van der Waals surface area contributed by atoms with Crippen LogP contribution in [0.4, 0.5) is 0 Å². The van der Waals surface area contributed by atoms with Crippen molar-refractivity contribution in [2.24, 2.45) is 5.92 Å². The van der Waals surface area contributed by atoms with Crippen LogP contribution in [0.3, 0.4) is 0 Å². The van der Waals surface area contributed by atoms with Crippen molar-refractivity contribution < 1.29 is 19.1 Å². The summed E-state index contributed by atoms with van der Waals surface area (Å²) in [4.78, 5) is 29.0. The molecule has 0 spiro atoms. The molecule has 2 amide bonds.